The van der Waals surface area contributed by atoms with Crippen LogP contribution in [0.1, 0.15) is 18.4 Å². The van der Waals surface area contributed by atoms with Crippen LogP contribution < -0.4 is 5.32 Å². The van der Waals surface area contributed by atoms with Gasteiger partial charge < -0.3 is 10.1 Å². The lowest BCUT2D eigenvalue weighted by Crippen LogP contribution is -2.39. The molecule has 0 unspecified atom stereocenters. The minimum absolute atomic E-state index is 0.237. The molecule has 1 fully saturated rings. The van der Waals surface area contributed by atoms with Crippen molar-refractivity contribution in [3.05, 3.63) is 33.8 Å². The molecule has 4 heteroatoms. The molecule has 0 aromatic heterocycles. The van der Waals surface area contributed by atoms with Crippen LogP contribution in [0.15, 0.2) is 18.2 Å². The van der Waals surface area contributed by atoms with E-state index in [4.69, 9.17) is 27.9 Å². The van der Waals surface area contributed by atoms with Gasteiger partial charge in [0.1, 0.15) is 0 Å². The summed E-state index contributed by atoms with van der Waals surface area (Å²) in [6, 6.07) is 5.87. The largest absolute Gasteiger partial charge is 0.381 e. The second-order valence-corrected chi connectivity index (χ2v) is 5.82. The normalized spacial score (nSPS) is 18.8. The van der Waals surface area contributed by atoms with Gasteiger partial charge in [0.15, 0.2) is 0 Å². The van der Waals surface area contributed by atoms with Crippen LogP contribution in [0.5, 0.6) is 0 Å². The van der Waals surface area contributed by atoms with Crippen molar-refractivity contribution in [1.82, 2.24) is 5.32 Å². The van der Waals surface area contributed by atoms with Crippen LogP contribution in [0.25, 0.3) is 0 Å². The molecule has 1 N–H and O–H groups in total. The van der Waals surface area contributed by atoms with Crippen LogP contribution in [-0.4, -0.2) is 26.8 Å². The zero-order chi connectivity index (χ0) is 13.0. The average Bonchev–Trinajstić information content (AvgIpc) is 2.36. The molecule has 0 bridgehead atoms. The van der Waals surface area contributed by atoms with Crippen LogP contribution in [0.4, 0.5) is 0 Å². The molecule has 0 atom stereocenters. The molecule has 1 aliphatic heterocycles. The second kappa shape index (κ2) is 6.25. The van der Waals surface area contributed by atoms with Gasteiger partial charge in [-0.05, 0) is 43.4 Å². The van der Waals surface area contributed by atoms with Gasteiger partial charge in [0.2, 0.25) is 0 Å². The predicted octanol–water partition coefficient (Wildman–Crippen LogP) is 3.55. The third kappa shape index (κ3) is 3.18. The van der Waals surface area contributed by atoms with Gasteiger partial charge in [0, 0.05) is 19.8 Å². The first-order valence-electron chi connectivity index (χ1n) is 6.32. The van der Waals surface area contributed by atoms with Gasteiger partial charge in [-0.1, -0.05) is 35.3 Å². The van der Waals surface area contributed by atoms with Gasteiger partial charge in [0.25, 0.3) is 0 Å². The second-order valence-electron chi connectivity index (χ2n) is 5.03. The van der Waals surface area contributed by atoms with E-state index in [1.54, 1.807) is 0 Å². The molecular weight excluding hydrogens is 269 g/mol. The van der Waals surface area contributed by atoms with Crippen LogP contribution in [0, 0.1) is 5.41 Å². The van der Waals surface area contributed by atoms with Gasteiger partial charge in [-0.25, -0.2) is 0 Å². The monoisotopic (exact) mass is 287 g/mol. The van der Waals surface area contributed by atoms with E-state index >= 15 is 0 Å². The molecular formula is C14H19Cl2NO. The number of benzene rings is 1. The lowest BCUT2D eigenvalue weighted by Gasteiger charge is -2.37. The summed E-state index contributed by atoms with van der Waals surface area (Å²) in [5, 5.41) is 4.64. The Hall–Kier alpha value is -0.280. The fourth-order valence-corrected chi connectivity index (χ4v) is 3.07. The molecule has 1 heterocycles. The fourth-order valence-electron chi connectivity index (χ4n) is 2.68. The Morgan fingerprint density at radius 2 is 2.00 bits per heavy atom. The SMILES string of the molecule is CNCC1(Cc2cccc(Cl)c2Cl)CCOCC1. The Bertz CT molecular complexity index is 397. The van der Waals surface area contributed by atoms with E-state index in [-0.39, 0.29) is 5.41 Å². The van der Waals surface area contributed by atoms with Crippen molar-refractivity contribution in [2.45, 2.75) is 19.3 Å². The molecule has 18 heavy (non-hydrogen) atoms. The van der Waals surface area contributed by atoms with Crippen LogP contribution in [-0.2, 0) is 11.2 Å². The lowest BCUT2D eigenvalue weighted by atomic mass is 9.75. The summed E-state index contributed by atoms with van der Waals surface area (Å²) in [4.78, 5) is 0. The van der Waals surface area contributed by atoms with Gasteiger partial charge in [-0.3, -0.25) is 0 Å². The van der Waals surface area contributed by atoms with Gasteiger partial charge in [-0.2, -0.15) is 0 Å². The summed E-state index contributed by atoms with van der Waals surface area (Å²) < 4.78 is 5.48. The maximum Gasteiger partial charge on any atom is 0.0624 e. The third-order valence-corrected chi connectivity index (χ3v) is 4.56. The zero-order valence-electron chi connectivity index (χ0n) is 10.6. The number of halogens is 2. The van der Waals surface area contributed by atoms with E-state index in [0.717, 1.165) is 44.6 Å². The number of hydrogen-bond donors (Lipinski definition) is 1. The van der Waals surface area contributed by atoms with Crippen molar-refractivity contribution >= 4 is 23.2 Å². The van der Waals surface area contributed by atoms with E-state index in [0.29, 0.717) is 10.0 Å². The number of ether oxygens (including phenoxy) is 1. The molecule has 1 aliphatic rings. The molecule has 0 saturated carbocycles. The maximum atomic E-state index is 6.29. The summed E-state index contributed by atoms with van der Waals surface area (Å²) in [7, 11) is 2.00. The molecule has 0 amide bonds. The lowest BCUT2D eigenvalue weighted by molar-refractivity contribution is 0.0158. The molecule has 0 radical (unpaired) electrons. The summed E-state index contributed by atoms with van der Waals surface area (Å²) in [6.45, 7) is 2.65. The highest BCUT2D eigenvalue weighted by molar-refractivity contribution is 6.42. The van der Waals surface area contributed by atoms with Crippen molar-refractivity contribution in [2.24, 2.45) is 5.41 Å². The first-order chi connectivity index (χ1) is 8.67. The van der Waals surface area contributed by atoms with Gasteiger partial charge in [-0.15, -0.1) is 0 Å². The molecule has 1 aromatic rings. The van der Waals surface area contributed by atoms with Gasteiger partial charge >= 0.3 is 0 Å². The van der Waals surface area contributed by atoms with Crippen LogP contribution >= 0.6 is 23.2 Å². The van der Waals surface area contributed by atoms with E-state index in [2.05, 4.69) is 11.4 Å². The predicted molar refractivity (Wildman–Crippen MR) is 76.6 cm³/mol. The molecule has 2 rings (SSSR count). The van der Waals surface area contributed by atoms with Crippen molar-refractivity contribution in [3.8, 4) is 0 Å². The quantitative estimate of drug-likeness (QED) is 0.914. The first kappa shape index (κ1) is 14.1. The van der Waals surface area contributed by atoms with E-state index in [1.165, 1.54) is 0 Å². The summed E-state index contributed by atoms with van der Waals surface area (Å²) in [5.74, 6) is 0. The Labute approximate surface area is 119 Å². The van der Waals surface area contributed by atoms with Crippen molar-refractivity contribution < 1.29 is 4.74 Å². The number of hydrogen-bond acceptors (Lipinski definition) is 2. The van der Waals surface area contributed by atoms with Crippen molar-refractivity contribution in [1.29, 1.82) is 0 Å². The third-order valence-electron chi connectivity index (χ3n) is 3.70. The Kier molecular flexibility index (Phi) is 4.91. The van der Waals surface area contributed by atoms with E-state index in [1.807, 2.05) is 19.2 Å². The molecule has 100 valence electrons. The van der Waals surface area contributed by atoms with Crippen LogP contribution in [0.3, 0.4) is 0 Å². The highest BCUT2D eigenvalue weighted by Crippen LogP contribution is 2.37. The number of rotatable bonds is 4. The molecule has 0 spiro atoms. The van der Waals surface area contributed by atoms with Crippen molar-refractivity contribution in [3.63, 3.8) is 0 Å². The zero-order valence-corrected chi connectivity index (χ0v) is 12.2. The maximum absolute atomic E-state index is 6.29. The minimum Gasteiger partial charge on any atom is -0.381 e. The smallest absolute Gasteiger partial charge is 0.0624 e. The van der Waals surface area contributed by atoms with Gasteiger partial charge in [0.05, 0.1) is 10.0 Å². The van der Waals surface area contributed by atoms with Crippen molar-refractivity contribution in [2.75, 3.05) is 26.8 Å². The molecule has 1 aromatic carbocycles. The summed E-state index contributed by atoms with van der Waals surface area (Å²) in [5.41, 5.74) is 1.38. The minimum atomic E-state index is 0.237. The van der Waals surface area contributed by atoms with Crippen LogP contribution in [0.2, 0.25) is 10.0 Å². The van der Waals surface area contributed by atoms with E-state index in [9.17, 15) is 0 Å². The highest BCUT2D eigenvalue weighted by Gasteiger charge is 2.32. The fraction of sp³-hybridized carbons (Fsp3) is 0.571. The molecule has 2 nitrogen and oxygen atoms in total. The number of nitrogens with one attached hydrogen (secondary N) is 1. The topological polar surface area (TPSA) is 21.3 Å². The van der Waals surface area contributed by atoms with E-state index < -0.39 is 0 Å². The first-order valence-corrected chi connectivity index (χ1v) is 7.08. The molecule has 1 saturated heterocycles. The highest BCUT2D eigenvalue weighted by atomic mass is 35.5. The summed E-state index contributed by atoms with van der Waals surface area (Å²) >= 11 is 12.4. The summed E-state index contributed by atoms with van der Waals surface area (Å²) in [6.07, 6.45) is 3.09. The Balaban J connectivity index is 2.20. The Morgan fingerprint density at radius 1 is 1.28 bits per heavy atom. The average molecular weight is 288 g/mol. The Morgan fingerprint density at radius 3 is 2.67 bits per heavy atom. The molecule has 0 aliphatic carbocycles. The standard InChI is InChI=1S/C14H19Cl2NO/c1-17-10-14(5-7-18-8-6-14)9-11-3-2-4-12(15)13(11)16/h2-4,17H,5-10H2,1H3.